The van der Waals surface area contributed by atoms with Crippen LogP contribution in [0.4, 0.5) is 4.79 Å². The molecule has 0 aromatic carbocycles. The maximum absolute atomic E-state index is 11.8. The number of aliphatic carboxylic acids is 1. The molecule has 3 amide bonds. The van der Waals surface area contributed by atoms with Gasteiger partial charge in [0.15, 0.2) is 0 Å². The quantitative estimate of drug-likeness (QED) is 0.600. The molecule has 0 rings (SSSR count). The Balaban J connectivity index is 4.18. The Kier molecular flexibility index (Phi) is 7.50. The van der Waals surface area contributed by atoms with Gasteiger partial charge in [0.05, 0.1) is 6.42 Å². The van der Waals surface area contributed by atoms with E-state index in [1.165, 1.54) is 11.9 Å². The van der Waals surface area contributed by atoms with Gasteiger partial charge in [0.25, 0.3) is 0 Å². The smallest absolute Gasteiger partial charge is 0.317 e. The van der Waals surface area contributed by atoms with Gasteiger partial charge < -0.3 is 20.6 Å². The average molecular weight is 259 g/mol. The number of nitrogens with one attached hydrogen (secondary N) is 2. The van der Waals surface area contributed by atoms with Crippen LogP contribution < -0.4 is 10.6 Å². The molecule has 0 fully saturated rings. The molecule has 3 N–H and O–H groups in total. The maximum Gasteiger partial charge on any atom is 0.317 e. The summed E-state index contributed by atoms with van der Waals surface area (Å²) in [6, 6.07) is -0.734. The van der Waals surface area contributed by atoms with Crippen LogP contribution >= 0.6 is 0 Å². The van der Waals surface area contributed by atoms with Crippen molar-refractivity contribution in [1.29, 1.82) is 0 Å². The van der Waals surface area contributed by atoms with Gasteiger partial charge in [-0.05, 0) is 13.8 Å². The van der Waals surface area contributed by atoms with Crippen LogP contribution in [0, 0.1) is 0 Å². The molecule has 0 bridgehead atoms. The van der Waals surface area contributed by atoms with Crippen LogP contribution in [-0.2, 0) is 9.59 Å². The minimum Gasteiger partial charge on any atom is -0.481 e. The zero-order valence-corrected chi connectivity index (χ0v) is 11.0. The molecule has 104 valence electrons. The van der Waals surface area contributed by atoms with Crippen LogP contribution in [0.2, 0.25) is 0 Å². The first-order valence-corrected chi connectivity index (χ1v) is 5.89. The van der Waals surface area contributed by atoms with E-state index in [-0.39, 0.29) is 37.4 Å². The lowest BCUT2D eigenvalue weighted by Gasteiger charge is -2.27. The molecule has 0 aliphatic carbocycles. The predicted molar refractivity (Wildman–Crippen MR) is 66.2 cm³/mol. The number of amides is 3. The lowest BCUT2D eigenvalue weighted by molar-refractivity contribution is -0.138. The molecule has 0 heterocycles. The van der Waals surface area contributed by atoms with E-state index in [0.29, 0.717) is 6.54 Å². The molecule has 0 aromatic rings. The predicted octanol–water partition coefficient (Wildman–Crippen LogP) is 0.0172. The first kappa shape index (κ1) is 16.2. The van der Waals surface area contributed by atoms with E-state index in [1.54, 1.807) is 13.8 Å². The van der Waals surface area contributed by atoms with E-state index in [0.717, 1.165) is 0 Å². The van der Waals surface area contributed by atoms with Crippen molar-refractivity contribution in [3.05, 3.63) is 0 Å². The third-order valence-electron chi connectivity index (χ3n) is 2.51. The lowest BCUT2D eigenvalue weighted by Crippen LogP contribution is -2.46. The second kappa shape index (κ2) is 8.32. The van der Waals surface area contributed by atoms with Gasteiger partial charge >= 0.3 is 12.0 Å². The molecule has 18 heavy (non-hydrogen) atoms. The molecule has 0 saturated heterocycles. The zero-order valence-electron chi connectivity index (χ0n) is 11.0. The number of carbonyl (C=O) groups excluding carboxylic acids is 2. The van der Waals surface area contributed by atoms with Crippen LogP contribution in [0.15, 0.2) is 0 Å². The molecule has 0 spiro atoms. The van der Waals surface area contributed by atoms with E-state index in [1.807, 2.05) is 0 Å². The standard InChI is InChI=1S/C11H21N3O4/c1-4-14(8(2)7-10(16)17)11(18)13-6-5-9(15)12-3/h8H,4-7H2,1-3H3,(H,12,15)(H,13,18)(H,16,17). The van der Waals surface area contributed by atoms with Gasteiger partial charge in [0.2, 0.25) is 5.91 Å². The van der Waals surface area contributed by atoms with E-state index >= 15 is 0 Å². The molecule has 0 aromatic heterocycles. The maximum atomic E-state index is 11.8. The topological polar surface area (TPSA) is 98.7 Å². The van der Waals surface area contributed by atoms with Crippen molar-refractivity contribution >= 4 is 17.9 Å². The highest BCUT2D eigenvalue weighted by molar-refractivity contribution is 5.78. The third kappa shape index (κ3) is 6.07. The third-order valence-corrected chi connectivity index (χ3v) is 2.51. The van der Waals surface area contributed by atoms with Crippen molar-refractivity contribution in [2.45, 2.75) is 32.7 Å². The SMILES string of the molecule is CCN(C(=O)NCCC(=O)NC)C(C)CC(=O)O. The summed E-state index contributed by atoms with van der Waals surface area (Å²) in [4.78, 5) is 34.7. The van der Waals surface area contributed by atoms with Crippen LogP contribution in [0.1, 0.15) is 26.7 Å². The fraction of sp³-hybridized carbons (Fsp3) is 0.727. The molecule has 7 nitrogen and oxygen atoms in total. The van der Waals surface area contributed by atoms with Crippen LogP contribution in [0.3, 0.4) is 0 Å². The van der Waals surface area contributed by atoms with Gasteiger partial charge in [-0.15, -0.1) is 0 Å². The van der Waals surface area contributed by atoms with Gasteiger partial charge in [-0.3, -0.25) is 9.59 Å². The highest BCUT2D eigenvalue weighted by atomic mass is 16.4. The second-order valence-corrected chi connectivity index (χ2v) is 3.89. The van der Waals surface area contributed by atoms with E-state index < -0.39 is 5.97 Å². The Bertz CT molecular complexity index is 307. The molecule has 1 atom stereocenters. The highest BCUT2D eigenvalue weighted by Crippen LogP contribution is 2.04. The van der Waals surface area contributed by atoms with Crippen molar-refractivity contribution in [1.82, 2.24) is 15.5 Å². The van der Waals surface area contributed by atoms with Crippen molar-refractivity contribution in [2.24, 2.45) is 0 Å². The fourth-order valence-corrected chi connectivity index (χ4v) is 1.53. The van der Waals surface area contributed by atoms with Gasteiger partial charge in [-0.2, -0.15) is 0 Å². The zero-order chi connectivity index (χ0) is 14.1. The Morgan fingerprint density at radius 3 is 2.39 bits per heavy atom. The number of hydrogen-bond donors (Lipinski definition) is 3. The summed E-state index contributed by atoms with van der Waals surface area (Å²) in [6.45, 7) is 4.10. The average Bonchev–Trinajstić information content (AvgIpc) is 2.28. The number of nitrogens with zero attached hydrogens (tertiary/aromatic N) is 1. The fourth-order valence-electron chi connectivity index (χ4n) is 1.53. The summed E-state index contributed by atoms with van der Waals surface area (Å²) in [5, 5.41) is 13.7. The molecular formula is C11H21N3O4. The largest absolute Gasteiger partial charge is 0.481 e. The highest BCUT2D eigenvalue weighted by Gasteiger charge is 2.20. The Morgan fingerprint density at radius 1 is 1.33 bits per heavy atom. The second-order valence-electron chi connectivity index (χ2n) is 3.89. The monoisotopic (exact) mass is 259 g/mol. The minimum absolute atomic E-state index is 0.100. The first-order valence-electron chi connectivity index (χ1n) is 5.89. The van der Waals surface area contributed by atoms with E-state index in [9.17, 15) is 14.4 Å². The van der Waals surface area contributed by atoms with Crippen LogP contribution in [0.25, 0.3) is 0 Å². The van der Waals surface area contributed by atoms with Crippen molar-refractivity contribution in [3.8, 4) is 0 Å². The van der Waals surface area contributed by atoms with Gasteiger partial charge in [0, 0.05) is 32.6 Å². The van der Waals surface area contributed by atoms with Crippen LogP contribution in [0.5, 0.6) is 0 Å². The first-order chi connectivity index (χ1) is 8.42. The summed E-state index contributed by atoms with van der Waals surface area (Å²) in [5.74, 6) is -1.10. The van der Waals surface area contributed by atoms with Crippen molar-refractivity contribution in [3.63, 3.8) is 0 Å². The number of urea groups is 1. The van der Waals surface area contributed by atoms with E-state index in [2.05, 4.69) is 10.6 Å². The van der Waals surface area contributed by atoms with Gasteiger partial charge in [-0.25, -0.2) is 4.79 Å². The summed E-state index contributed by atoms with van der Waals surface area (Å²) in [6.07, 6.45) is 0.101. The molecule has 7 heteroatoms. The molecule has 0 saturated carbocycles. The number of carbonyl (C=O) groups is 3. The molecule has 0 aliphatic rings. The normalized spacial score (nSPS) is 11.5. The molecule has 0 radical (unpaired) electrons. The number of hydrogen-bond acceptors (Lipinski definition) is 3. The Morgan fingerprint density at radius 2 is 1.94 bits per heavy atom. The number of rotatable bonds is 7. The molecular weight excluding hydrogens is 238 g/mol. The number of carboxylic acid groups (broad SMARTS) is 1. The molecule has 0 aliphatic heterocycles. The van der Waals surface area contributed by atoms with Crippen molar-refractivity contribution < 1.29 is 19.5 Å². The van der Waals surface area contributed by atoms with Gasteiger partial charge in [0.1, 0.15) is 0 Å². The minimum atomic E-state index is -0.945. The lowest BCUT2D eigenvalue weighted by atomic mass is 10.2. The summed E-state index contributed by atoms with van der Waals surface area (Å²) in [5.41, 5.74) is 0. The van der Waals surface area contributed by atoms with Crippen LogP contribution in [-0.4, -0.2) is 54.1 Å². The summed E-state index contributed by atoms with van der Waals surface area (Å²) >= 11 is 0. The molecule has 1 unspecified atom stereocenters. The summed E-state index contributed by atoms with van der Waals surface area (Å²) < 4.78 is 0. The Labute approximate surface area is 107 Å². The Hall–Kier alpha value is -1.79. The van der Waals surface area contributed by atoms with Gasteiger partial charge in [-0.1, -0.05) is 0 Å². The number of carboxylic acids is 1. The summed E-state index contributed by atoms with van der Waals surface area (Å²) in [7, 11) is 1.53. The van der Waals surface area contributed by atoms with Crippen molar-refractivity contribution in [2.75, 3.05) is 20.1 Å². The van der Waals surface area contributed by atoms with E-state index in [4.69, 9.17) is 5.11 Å².